The maximum Gasteiger partial charge on any atom is 0.177 e. The molecule has 30 heavy (non-hydrogen) atoms. The number of H-pyrrole nitrogens is 1. The fraction of sp³-hybridized carbons (Fsp3) is 0.227. The topological polar surface area (TPSA) is 86.7 Å². The SMILES string of the molecule is OC(Nc1ccc(C2(c3nc4ncc(Br)cc4[nH]3)CCC2)cn1)c1cccc(Cl)c1. The Bertz CT molecular complexity index is 1210. The van der Waals surface area contributed by atoms with Gasteiger partial charge in [0.15, 0.2) is 11.9 Å². The van der Waals surface area contributed by atoms with E-state index in [2.05, 4.69) is 42.3 Å². The molecule has 8 heteroatoms. The van der Waals surface area contributed by atoms with Crippen LogP contribution in [0.1, 0.15) is 42.4 Å². The van der Waals surface area contributed by atoms with Crippen molar-refractivity contribution in [2.45, 2.75) is 30.9 Å². The molecule has 3 heterocycles. The molecule has 3 N–H and O–H groups in total. The molecule has 1 aliphatic rings. The highest BCUT2D eigenvalue weighted by atomic mass is 79.9. The molecule has 1 atom stereocenters. The Kier molecular flexibility index (Phi) is 4.97. The van der Waals surface area contributed by atoms with Gasteiger partial charge in [0.2, 0.25) is 0 Å². The summed E-state index contributed by atoms with van der Waals surface area (Å²) in [5.41, 5.74) is 3.25. The number of aromatic nitrogens is 4. The van der Waals surface area contributed by atoms with Gasteiger partial charge in [0.25, 0.3) is 0 Å². The Labute approximate surface area is 186 Å². The van der Waals surface area contributed by atoms with Crippen molar-refractivity contribution in [2.24, 2.45) is 0 Å². The number of nitrogens with one attached hydrogen (secondary N) is 2. The zero-order valence-electron chi connectivity index (χ0n) is 15.9. The van der Waals surface area contributed by atoms with Crippen molar-refractivity contribution in [1.29, 1.82) is 0 Å². The molecule has 152 valence electrons. The summed E-state index contributed by atoms with van der Waals surface area (Å²) in [7, 11) is 0. The summed E-state index contributed by atoms with van der Waals surface area (Å²) in [6.07, 6.45) is 5.89. The number of aliphatic hydroxyl groups excluding tert-OH is 1. The second-order valence-corrected chi connectivity index (χ2v) is 8.93. The molecule has 1 saturated carbocycles. The number of aliphatic hydroxyl groups is 1. The molecule has 0 bridgehead atoms. The number of hydrogen-bond donors (Lipinski definition) is 3. The zero-order valence-corrected chi connectivity index (χ0v) is 18.3. The Hall–Kier alpha value is -2.48. The third-order valence-electron chi connectivity index (χ3n) is 5.73. The van der Waals surface area contributed by atoms with Gasteiger partial charge in [0.1, 0.15) is 11.6 Å². The number of aromatic amines is 1. The van der Waals surface area contributed by atoms with Crippen LogP contribution in [0.4, 0.5) is 5.82 Å². The van der Waals surface area contributed by atoms with Gasteiger partial charge in [-0.3, -0.25) is 0 Å². The van der Waals surface area contributed by atoms with E-state index in [4.69, 9.17) is 16.6 Å². The van der Waals surface area contributed by atoms with E-state index in [0.717, 1.165) is 46.3 Å². The van der Waals surface area contributed by atoms with Crippen LogP contribution in [0.2, 0.25) is 5.02 Å². The minimum atomic E-state index is -0.889. The molecule has 4 aromatic rings. The standard InChI is InChI=1S/C22H19BrClN5O/c23-15-10-17-19(26-12-15)29-21(27-17)22(7-2-8-22)14-5-6-18(25-11-14)28-20(30)13-3-1-4-16(24)9-13/h1,3-6,9-12,20,30H,2,7-8H2,(H,25,28)(H,26,27,29). The largest absolute Gasteiger partial charge is 0.369 e. The third kappa shape index (κ3) is 3.47. The Morgan fingerprint density at radius 1 is 1.13 bits per heavy atom. The summed E-state index contributed by atoms with van der Waals surface area (Å²) in [4.78, 5) is 17.1. The first-order valence-corrected chi connectivity index (χ1v) is 10.9. The average Bonchev–Trinajstić information content (AvgIpc) is 3.11. The van der Waals surface area contributed by atoms with Gasteiger partial charge >= 0.3 is 0 Å². The first-order chi connectivity index (χ1) is 14.5. The van der Waals surface area contributed by atoms with Gasteiger partial charge in [0, 0.05) is 27.5 Å². The van der Waals surface area contributed by atoms with Gasteiger partial charge in [0.05, 0.1) is 10.9 Å². The Morgan fingerprint density at radius 3 is 2.70 bits per heavy atom. The quantitative estimate of drug-likeness (QED) is 0.333. The minimum absolute atomic E-state index is 0.176. The molecule has 0 amide bonds. The highest BCUT2D eigenvalue weighted by Crippen LogP contribution is 2.48. The van der Waals surface area contributed by atoms with Crippen LogP contribution < -0.4 is 5.32 Å². The first kappa shape index (κ1) is 19.5. The monoisotopic (exact) mass is 483 g/mol. The number of rotatable bonds is 5. The maximum atomic E-state index is 10.4. The first-order valence-electron chi connectivity index (χ1n) is 9.72. The van der Waals surface area contributed by atoms with Gasteiger partial charge in [-0.05, 0) is 58.6 Å². The number of halogens is 2. The molecule has 1 aliphatic carbocycles. The summed E-state index contributed by atoms with van der Waals surface area (Å²) in [6.45, 7) is 0. The number of anilines is 1. The van der Waals surface area contributed by atoms with E-state index >= 15 is 0 Å². The van der Waals surface area contributed by atoms with Crippen molar-refractivity contribution >= 4 is 44.5 Å². The maximum absolute atomic E-state index is 10.4. The summed E-state index contributed by atoms with van der Waals surface area (Å²) in [5.74, 6) is 1.52. The van der Waals surface area contributed by atoms with Gasteiger partial charge in [-0.25, -0.2) is 15.0 Å². The number of nitrogens with zero attached hydrogens (tertiary/aromatic N) is 3. The molecule has 5 rings (SSSR count). The van der Waals surface area contributed by atoms with E-state index in [0.29, 0.717) is 16.4 Å². The predicted molar refractivity (Wildman–Crippen MR) is 120 cm³/mol. The second-order valence-electron chi connectivity index (χ2n) is 7.58. The van der Waals surface area contributed by atoms with Crippen molar-refractivity contribution in [3.63, 3.8) is 0 Å². The zero-order chi connectivity index (χ0) is 20.7. The number of imidazole rings is 1. The predicted octanol–water partition coefficient (Wildman–Crippen LogP) is 5.34. The lowest BCUT2D eigenvalue weighted by Gasteiger charge is -2.40. The van der Waals surface area contributed by atoms with Crippen molar-refractivity contribution in [2.75, 3.05) is 5.32 Å². The lowest BCUT2D eigenvalue weighted by molar-refractivity contribution is 0.207. The van der Waals surface area contributed by atoms with E-state index in [1.165, 1.54) is 0 Å². The molecule has 1 unspecified atom stereocenters. The minimum Gasteiger partial charge on any atom is -0.369 e. The van der Waals surface area contributed by atoms with Crippen LogP contribution in [0.25, 0.3) is 11.2 Å². The number of pyridine rings is 2. The van der Waals surface area contributed by atoms with Crippen molar-refractivity contribution < 1.29 is 5.11 Å². The van der Waals surface area contributed by atoms with Crippen LogP contribution in [0, 0.1) is 0 Å². The molecule has 1 fully saturated rings. The summed E-state index contributed by atoms with van der Waals surface area (Å²) in [6, 6.07) is 13.1. The lowest BCUT2D eigenvalue weighted by atomic mass is 9.64. The molecule has 3 aromatic heterocycles. The molecular weight excluding hydrogens is 466 g/mol. The van der Waals surface area contributed by atoms with Crippen LogP contribution in [-0.4, -0.2) is 25.0 Å². The lowest BCUT2D eigenvalue weighted by Crippen LogP contribution is -2.36. The number of hydrogen-bond acceptors (Lipinski definition) is 5. The molecule has 0 saturated heterocycles. The average molecular weight is 485 g/mol. The molecule has 6 nitrogen and oxygen atoms in total. The van der Waals surface area contributed by atoms with Gasteiger partial charge in [-0.15, -0.1) is 0 Å². The van der Waals surface area contributed by atoms with Crippen LogP contribution in [0.3, 0.4) is 0 Å². The Balaban J connectivity index is 1.40. The van der Waals surface area contributed by atoms with Crippen LogP contribution >= 0.6 is 27.5 Å². The number of fused-ring (bicyclic) bond motifs is 1. The summed E-state index contributed by atoms with van der Waals surface area (Å²) in [5, 5.41) is 14.0. The van der Waals surface area contributed by atoms with E-state index in [9.17, 15) is 5.11 Å². The second kappa shape index (κ2) is 7.65. The fourth-order valence-electron chi connectivity index (χ4n) is 3.96. The summed E-state index contributed by atoms with van der Waals surface area (Å²) < 4.78 is 0.920. The highest BCUT2D eigenvalue weighted by Gasteiger charge is 2.43. The molecule has 0 spiro atoms. The number of benzene rings is 1. The molecular formula is C22H19BrClN5O. The van der Waals surface area contributed by atoms with E-state index in [1.807, 2.05) is 24.4 Å². The van der Waals surface area contributed by atoms with E-state index in [1.54, 1.807) is 24.4 Å². The molecule has 0 radical (unpaired) electrons. The van der Waals surface area contributed by atoms with Crippen molar-refractivity contribution in [3.05, 3.63) is 81.3 Å². The smallest absolute Gasteiger partial charge is 0.177 e. The van der Waals surface area contributed by atoms with Crippen LogP contribution in [-0.2, 0) is 5.41 Å². The highest BCUT2D eigenvalue weighted by molar-refractivity contribution is 9.10. The van der Waals surface area contributed by atoms with E-state index < -0.39 is 6.23 Å². The third-order valence-corrected chi connectivity index (χ3v) is 6.40. The van der Waals surface area contributed by atoms with Gasteiger partial charge < -0.3 is 15.4 Å². The van der Waals surface area contributed by atoms with Crippen LogP contribution in [0.15, 0.2) is 59.3 Å². The fourth-order valence-corrected chi connectivity index (χ4v) is 4.49. The van der Waals surface area contributed by atoms with Crippen molar-refractivity contribution in [3.8, 4) is 0 Å². The normalized spacial score (nSPS) is 16.2. The molecule has 1 aromatic carbocycles. The van der Waals surface area contributed by atoms with Crippen LogP contribution in [0.5, 0.6) is 0 Å². The van der Waals surface area contributed by atoms with Crippen molar-refractivity contribution in [1.82, 2.24) is 19.9 Å². The van der Waals surface area contributed by atoms with E-state index in [-0.39, 0.29) is 5.41 Å². The molecule has 0 aliphatic heterocycles. The van der Waals surface area contributed by atoms with Gasteiger partial charge in [-0.2, -0.15) is 0 Å². The Morgan fingerprint density at radius 2 is 2.00 bits per heavy atom. The van der Waals surface area contributed by atoms with Gasteiger partial charge in [-0.1, -0.05) is 36.2 Å². The summed E-state index contributed by atoms with van der Waals surface area (Å²) >= 11 is 9.47.